The first-order valence-electron chi connectivity index (χ1n) is 11.3. The molecule has 0 saturated carbocycles. The Morgan fingerprint density at radius 3 is 2.10 bits per heavy atom. The number of esters is 2. The summed E-state index contributed by atoms with van der Waals surface area (Å²) in [6.07, 6.45) is 0.530. The Morgan fingerprint density at radius 2 is 1.61 bits per heavy atom. The number of ether oxygens (including phenoxy) is 4. The van der Waals surface area contributed by atoms with Crippen LogP contribution in [0.25, 0.3) is 0 Å². The van der Waals surface area contributed by atoms with Gasteiger partial charge in [0.15, 0.2) is 0 Å². The molecule has 0 radical (unpaired) electrons. The van der Waals surface area contributed by atoms with Crippen molar-refractivity contribution in [3.05, 3.63) is 0 Å². The van der Waals surface area contributed by atoms with E-state index in [0.717, 1.165) is 0 Å². The van der Waals surface area contributed by atoms with Gasteiger partial charge in [0.2, 0.25) is 0 Å². The zero-order valence-corrected chi connectivity index (χ0v) is 21.2. The second-order valence-corrected chi connectivity index (χ2v) is 11.5. The highest BCUT2D eigenvalue weighted by Gasteiger charge is 2.52. The number of carbonyl (C=O) groups excluding carboxylic acids is 2. The summed E-state index contributed by atoms with van der Waals surface area (Å²) in [6, 6.07) is 0. The van der Waals surface area contributed by atoms with Gasteiger partial charge < -0.3 is 24.1 Å². The van der Waals surface area contributed by atoms with Crippen LogP contribution in [0.3, 0.4) is 0 Å². The Balaban J connectivity index is 2.92. The number of hydrogen-bond acceptors (Lipinski definition) is 7. The lowest BCUT2D eigenvalue weighted by Gasteiger charge is -2.46. The summed E-state index contributed by atoms with van der Waals surface area (Å²) in [6.45, 7) is 18.8. The molecule has 0 aromatic rings. The molecule has 1 aliphatic heterocycles. The zero-order chi connectivity index (χ0) is 24.3. The Bertz CT molecular complexity index is 614. The van der Waals surface area contributed by atoms with E-state index in [1.165, 1.54) is 0 Å². The summed E-state index contributed by atoms with van der Waals surface area (Å²) in [4.78, 5) is 25.6. The van der Waals surface area contributed by atoms with E-state index in [1.54, 1.807) is 20.8 Å². The van der Waals surface area contributed by atoms with Gasteiger partial charge in [-0.25, -0.2) is 4.79 Å². The summed E-state index contributed by atoms with van der Waals surface area (Å²) < 4.78 is 23.2. The van der Waals surface area contributed by atoms with E-state index < -0.39 is 35.0 Å². The first-order valence-corrected chi connectivity index (χ1v) is 11.3. The van der Waals surface area contributed by atoms with E-state index in [0.29, 0.717) is 19.3 Å². The minimum absolute atomic E-state index is 0.00406. The normalized spacial score (nSPS) is 26.1. The molecule has 0 spiro atoms. The van der Waals surface area contributed by atoms with Crippen LogP contribution in [-0.2, 0) is 28.5 Å². The van der Waals surface area contributed by atoms with E-state index in [-0.39, 0.29) is 30.5 Å². The number of rotatable bonds is 9. The first-order chi connectivity index (χ1) is 13.8. The van der Waals surface area contributed by atoms with Gasteiger partial charge in [0.25, 0.3) is 5.79 Å². The first kappa shape index (κ1) is 27.9. The molecule has 0 aliphatic carbocycles. The van der Waals surface area contributed by atoms with Crippen molar-refractivity contribution >= 4 is 11.9 Å². The van der Waals surface area contributed by atoms with Gasteiger partial charge in [-0.1, -0.05) is 20.8 Å². The smallest absolute Gasteiger partial charge is 0.367 e. The highest BCUT2D eigenvalue weighted by atomic mass is 16.8. The molecule has 1 saturated heterocycles. The molecule has 4 atom stereocenters. The third kappa shape index (κ3) is 10.3. The number of aliphatic hydroxyl groups is 1. The maximum atomic E-state index is 13.2. The zero-order valence-electron chi connectivity index (χ0n) is 21.2. The van der Waals surface area contributed by atoms with Crippen LogP contribution in [0.5, 0.6) is 0 Å². The van der Waals surface area contributed by atoms with Gasteiger partial charge in [-0.05, 0) is 60.3 Å². The largest absolute Gasteiger partial charge is 0.463 e. The van der Waals surface area contributed by atoms with Crippen molar-refractivity contribution < 1.29 is 33.6 Å². The van der Waals surface area contributed by atoms with Crippen molar-refractivity contribution in [3.8, 4) is 0 Å². The van der Waals surface area contributed by atoms with Crippen LogP contribution in [0.1, 0.15) is 101 Å². The number of carbonyl (C=O) groups is 2. The van der Waals surface area contributed by atoms with Gasteiger partial charge in [0.05, 0.1) is 29.8 Å². The van der Waals surface area contributed by atoms with Gasteiger partial charge >= 0.3 is 11.9 Å². The second kappa shape index (κ2) is 10.2. The van der Waals surface area contributed by atoms with E-state index in [9.17, 15) is 14.7 Å². The maximum Gasteiger partial charge on any atom is 0.367 e. The molecule has 0 bridgehead atoms. The fraction of sp³-hybridized carbons (Fsp3) is 0.917. The molecule has 1 heterocycles. The van der Waals surface area contributed by atoms with Gasteiger partial charge in [0, 0.05) is 19.3 Å². The minimum atomic E-state index is -1.66. The SMILES string of the molecule is CC(CC(C)(C)O)OC(=O)CCC1(C(=O)OC(C)CC(C)(C)C)OC(C)CC(C)(C)O1. The number of hydrogen-bond donors (Lipinski definition) is 1. The maximum absolute atomic E-state index is 13.2. The quantitative estimate of drug-likeness (QED) is 0.523. The average Bonchev–Trinajstić information content (AvgIpc) is 2.46. The molecule has 4 unspecified atom stereocenters. The molecule has 182 valence electrons. The topological polar surface area (TPSA) is 91.3 Å². The molecule has 1 fully saturated rings. The monoisotopic (exact) mass is 444 g/mol. The lowest BCUT2D eigenvalue weighted by atomic mass is 9.89. The van der Waals surface area contributed by atoms with Gasteiger partial charge in [0.1, 0.15) is 6.10 Å². The highest BCUT2D eigenvalue weighted by molar-refractivity contribution is 5.79. The predicted octanol–water partition coefficient (Wildman–Crippen LogP) is 4.53. The second-order valence-electron chi connectivity index (χ2n) is 11.5. The van der Waals surface area contributed by atoms with Crippen LogP contribution in [-0.4, -0.2) is 52.3 Å². The highest BCUT2D eigenvalue weighted by Crippen LogP contribution is 2.38. The van der Waals surface area contributed by atoms with Crippen LogP contribution in [0.4, 0.5) is 0 Å². The molecule has 7 heteroatoms. The summed E-state index contributed by atoms with van der Waals surface area (Å²) in [5.74, 6) is -2.75. The third-order valence-electron chi connectivity index (χ3n) is 4.91. The van der Waals surface area contributed by atoms with Crippen LogP contribution >= 0.6 is 0 Å². The molecule has 0 aromatic heterocycles. The summed E-state index contributed by atoms with van der Waals surface area (Å²) in [7, 11) is 0. The summed E-state index contributed by atoms with van der Waals surface area (Å²) in [5, 5.41) is 9.91. The van der Waals surface area contributed by atoms with Crippen LogP contribution in [0.2, 0.25) is 0 Å². The van der Waals surface area contributed by atoms with Crippen LogP contribution in [0, 0.1) is 5.41 Å². The fourth-order valence-corrected chi connectivity index (χ4v) is 4.34. The summed E-state index contributed by atoms with van der Waals surface area (Å²) >= 11 is 0. The average molecular weight is 445 g/mol. The fourth-order valence-electron chi connectivity index (χ4n) is 4.34. The molecule has 1 aliphatic rings. The van der Waals surface area contributed by atoms with E-state index >= 15 is 0 Å². The van der Waals surface area contributed by atoms with Gasteiger partial charge in [-0.2, -0.15) is 0 Å². The Kier molecular flexibility index (Phi) is 9.14. The molecular formula is C24H44O7. The lowest BCUT2D eigenvalue weighted by molar-refractivity contribution is -0.334. The molecule has 0 aromatic carbocycles. The molecule has 1 N–H and O–H groups in total. The van der Waals surface area contributed by atoms with E-state index in [4.69, 9.17) is 18.9 Å². The van der Waals surface area contributed by atoms with Crippen molar-refractivity contribution in [1.82, 2.24) is 0 Å². The minimum Gasteiger partial charge on any atom is -0.463 e. The van der Waals surface area contributed by atoms with Crippen molar-refractivity contribution in [2.75, 3.05) is 0 Å². The Labute approximate surface area is 188 Å². The van der Waals surface area contributed by atoms with Crippen LogP contribution in [0.15, 0.2) is 0 Å². The van der Waals surface area contributed by atoms with Crippen LogP contribution < -0.4 is 0 Å². The Morgan fingerprint density at radius 1 is 1.06 bits per heavy atom. The van der Waals surface area contributed by atoms with Crippen molar-refractivity contribution in [2.24, 2.45) is 5.41 Å². The van der Waals surface area contributed by atoms with Gasteiger partial charge in [-0.15, -0.1) is 0 Å². The van der Waals surface area contributed by atoms with E-state index in [2.05, 4.69) is 20.8 Å². The molecule has 31 heavy (non-hydrogen) atoms. The third-order valence-corrected chi connectivity index (χ3v) is 4.91. The molecule has 1 rings (SSSR count). The molecule has 0 amide bonds. The predicted molar refractivity (Wildman–Crippen MR) is 118 cm³/mol. The summed E-state index contributed by atoms with van der Waals surface area (Å²) in [5.41, 5.74) is -1.56. The van der Waals surface area contributed by atoms with Crippen molar-refractivity contribution in [1.29, 1.82) is 0 Å². The molecule has 7 nitrogen and oxygen atoms in total. The van der Waals surface area contributed by atoms with E-state index in [1.807, 2.05) is 27.7 Å². The van der Waals surface area contributed by atoms with Crippen molar-refractivity contribution in [2.45, 2.75) is 137 Å². The lowest BCUT2D eigenvalue weighted by Crippen LogP contribution is -2.57. The standard InChI is InChI=1S/C24H44O7/c1-16(13-21(4,5)6)29-20(26)24(30-18(3)15-23(9,10)31-24)12-11-19(25)28-17(2)14-22(7,8)27/h16-18,27H,11-15H2,1-10H3. The van der Waals surface area contributed by atoms with Crippen molar-refractivity contribution in [3.63, 3.8) is 0 Å². The Hall–Kier alpha value is -1.18. The molecular weight excluding hydrogens is 400 g/mol. The van der Waals surface area contributed by atoms with Gasteiger partial charge in [-0.3, -0.25) is 4.79 Å².